The first-order valence-corrected chi connectivity index (χ1v) is 14.1. The van der Waals surface area contributed by atoms with Crippen LogP contribution in [0.3, 0.4) is 0 Å². The third-order valence-electron chi connectivity index (χ3n) is 7.81. The maximum atomic E-state index is 13.0. The Labute approximate surface area is 249 Å². The number of aromatic amines is 1. The van der Waals surface area contributed by atoms with Crippen molar-refractivity contribution >= 4 is 34.4 Å². The highest BCUT2D eigenvalue weighted by atomic mass is 19.4. The number of rotatable bonds is 6. The number of anilines is 2. The van der Waals surface area contributed by atoms with Gasteiger partial charge in [0.2, 0.25) is 0 Å². The molecule has 2 amide bonds. The number of aromatic nitrogens is 4. The SMILES string of the molecule is N#CC(=CC1CC1)C(=O)N1CCC[C@@H](c2nc(N)c3c(-c4ccc(NC(=O)c5ccc(C(F)(F)F)cc5)cc4)[nH]nc3n2)C1. The molecule has 1 aliphatic heterocycles. The van der Waals surface area contributed by atoms with Crippen molar-refractivity contribution in [2.24, 2.45) is 5.92 Å². The van der Waals surface area contributed by atoms with Gasteiger partial charge in [-0.05, 0) is 68.0 Å². The number of carbonyl (C=O) groups excluding carboxylic acids is 2. The molecule has 0 spiro atoms. The van der Waals surface area contributed by atoms with Crippen molar-refractivity contribution in [3.63, 3.8) is 0 Å². The molecule has 4 N–H and O–H groups in total. The predicted octanol–water partition coefficient (Wildman–Crippen LogP) is 5.44. The molecule has 3 heterocycles. The number of hydrogen-bond donors (Lipinski definition) is 3. The summed E-state index contributed by atoms with van der Waals surface area (Å²) in [4.78, 5) is 36.5. The largest absolute Gasteiger partial charge is 0.416 e. The molecule has 2 fully saturated rings. The van der Waals surface area contributed by atoms with Crippen LogP contribution in [0.15, 0.2) is 60.2 Å². The fraction of sp³-hybridized carbons (Fsp3) is 0.290. The molecule has 2 aromatic carbocycles. The van der Waals surface area contributed by atoms with E-state index in [1.165, 1.54) is 0 Å². The Kier molecular flexibility index (Phi) is 7.50. The number of likely N-dealkylation sites (tertiary alicyclic amines) is 1. The first kappa shape index (κ1) is 28.9. The molecule has 2 aromatic heterocycles. The second kappa shape index (κ2) is 11.4. The number of hydrogen-bond acceptors (Lipinski definition) is 7. The van der Waals surface area contributed by atoms with Crippen molar-refractivity contribution in [3.05, 3.63) is 77.1 Å². The summed E-state index contributed by atoms with van der Waals surface area (Å²) in [7, 11) is 0. The Morgan fingerprint density at radius 2 is 1.80 bits per heavy atom. The van der Waals surface area contributed by atoms with Gasteiger partial charge >= 0.3 is 6.18 Å². The number of nitriles is 1. The molecule has 224 valence electrons. The summed E-state index contributed by atoms with van der Waals surface area (Å²) in [6, 6.07) is 12.8. The van der Waals surface area contributed by atoms with Crippen molar-refractivity contribution < 1.29 is 22.8 Å². The molecule has 0 unspecified atom stereocenters. The molecular weight excluding hydrogens is 573 g/mol. The van der Waals surface area contributed by atoms with Crippen LogP contribution in [0.25, 0.3) is 22.3 Å². The fourth-order valence-electron chi connectivity index (χ4n) is 5.29. The van der Waals surface area contributed by atoms with E-state index in [0.29, 0.717) is 52.8 Å². The highest BCUT2D eigenvalue weighted by Crippen LogP contribution is 2.34. The lowest BCUT2D eigenvalue weighted by Gasteiger charge is -2.32. The highest BCUT2D eigenvalue weighted by Gasteiger charge is 2.31. The standard InChI is InChI=1S/C31H27F3N8O2/c32-31(33,34)22-9-5-19(6-10-22)29(43)37-23-11-7-18(8-12-23)25-24-26(36)38-27(39-28(24)41-40-25)20-2-1-13-42(16-20)30(44)21(15-35)14-17-3-4-17/h5-12,14,17,20H,1-4,13,16H2,(H,37,43)(H3,36,38,39,40,41)/t20-/m1/s1. The van der Waals surface area contributed by atoms with Gasteiger partial charge in [0.1, 0.15) is 23.3 Å². The minimum Gasteiger partial charge on any atom is -0.383 e. The minimum absolute atomic E-state index is 0.0908. The van der Waals surface area contributed by atoms with Gasteiger partial charge in [0.05, 0.1) is 16.6 Å². The van der Waals surface area contributed by atoms with Crippen LogP contribution in [0.2, 0.25) is 0 Å². The summed E-state index contributed by atoms with van der Waals surface area (Å²) in [6.45, 7) is 0.939. The van der Waals surface area contributed by atoms with E-state index in [0.717, 1.165) is 49.9 Å². The van der Waals surface area contributed by atoms with E-state index >= 15 is 0 Å². The van der Waals surface area contributed by atoms with Crippen LogP contribution in [-0.4, -0.2) is 50.0 Å². The average molecular weight is 601 g/mol. The molecule has 2 aliphatic rings. The van der Waals surface area contributed by atoms with Crippen molar-refractivity contribution in [1.29, 1.82) is 5.26 Å². The summed E-state index contributed by atoms with van der Waals surface area (Å²) in [5.74, 6) is 0.0533. The van der Waals surface area contributed by atoms with Gasteiger partial charge in [0.25, 0.3) is 11.8 Å². The number of benzene rings is 2. The summed E-state index contributed by atoms with van der Waals surface area (Å²) >= 11 is 0. The van der Waals surface area contributed by atoms with Crippen molar-refractivity contribution in [1.82, 2.24) is 25.1 Å². The normalized spacial score (nSPS) is 17.4. The second-order valence-electron chi connectivity index (χ2n) is 11.0. The number of fused-ring (bicyclic) bond motifs is 1. The third-order valence-corrected chi connectivity index (χ3v) is 7.81. The summed E-state index contributed by atoms with van der Waals surface area (Å²) < 4.78 is 38.4. The first-order chi connectivity index (χ1) is 21.1. The number of amides is 2. The second-order valence-corrected chi connectivity index (χ2v) is 11.0. The van der Waals surface area contributed by atoms with Crippen LogP contribution in [0, 0.1) is 17.2 Å². The van der Waals surface area contributed by atoms with Crippen LogP contribution >= 0.6 is 0 Å². The van der Waals surface area contributed by atoms with Crippen LogP contribution < -0.4 is 11.1 Å². The number of carbonyl (C=O) groups is 2. The van der Waals surface area contributed by atoms with Crippen molar-refractivity contribution in [3.8, 4) is 17.3 Å². The number of nitrogens with two attached hydrogens (primary N) is 1. The van der Waals surface area contributed by atoms with Crippen molar-refractivity contribution in [2.75, 3.05) is 24.1 Å². The lowest BCUT2D eigenvalue weighted by atomic mass is 9.96. The molecule has 13 heteroatoms. The Morgan fingerprint density at radius 3 is 2.45 bits per heavy atom. The number of nitrogen functional groups attached to an aromatic ring is 1. The molecule has 1 atom stereocenters. The average Bonchev–Trinajstić information content (AvgIpc) is 3.75. The van der Waals surface area contributed by atoms with E-state index in [9.17, 15) is 28.0 Å². The lowest BCUT2D eigenvalue weighted by molar-refractivity contribution is -0.137. The van der Waals surface area contributed by atoms with E-state index in [2.05, 4.69) is 31.6 Å². The van der Waals surface area contributed by atoms with E-state index in [4.69, 9.17) is 5.73 Å². The monoisotopic (exact) mass is 600 g/mol. The van der Waals surface area contributed by atoms with Crippen LogP contribution in [0.4, 0.5) is 24.7 Å². The lowest BCUT2D eigenvalue weighted by Crippen LogP contribution is -2.40. The van der Waals surface area contributed by atoms with Crippen LogP contribution in [0.1, 0.15) is 53.3 Å². The molecule has 0 radical (unpaired) electrons. The Hall–Kier alpha value is -5.25. The van der Waals surface area contributed by atoms with Gasteiger partial charge in [-0.25, -0.2) is 9.97 Å². The number of alkyl halides is 3. The summed E-state index contributed by atoms with van der Waals surface area (Å²) in [6.07, 6.45) is 0.814. The summed E-state index contributed by atoms with van der Waals surface area (Å²) in [5, 5.41) is 20.0. The number of nitrogens with one attached hydrogen (secondary N) is 2. The zero-order valence-corrected chi connectivity index (χ0v) is 23.4. The third kappa shape index (κ3) is 5.96. The molecule has 6 rings (SSSR count). The van der Waals surface area contributed by atoms with E-state index in [1.807, 2.05) is 0 Å². The fourth-order valence-corrected chi connectivity index (χ4v) is 5.29. The number of allylic oxidation sites excluding steroid dienone is 1. The molecule has 1 saturated carbocycles. The maximum Gasteiger partial charge on any atom is 0.416 e. The van der Waals surface area contributed by atoms with Gasteiger partial charge in [0.15, 0.2) is 5.65 Å². The Bertz CT molecular complexity index is 1800. The first-order valence-electron chi connectivity index (χ1n) is 14.1. The van der Waals surface area contributed by atoms with Crippen molar-refractivity contribution in [2.45, 2.75) is 37.8 Å². The quantitative estimate of drug-likeness (QED) is 0.197. The van der Waals surface area contributed by atoms with Gasteiger partial charge in [-0.1, -0.05) is 18.2 Å². The molecule has 1 saturated heterocycles. The molecule has 4 aromatic rings. The highest BCUT2D eigenvalue weighted by molar-refractivity contribution is 6.04. The van der Waals surface area contributed by atoms with Gasteiger partial charge in [-0.15, -0.1) is 0 Å². The van der Waals surface area contributed by atoms with E-state index in [1.54, 1.807) is 35.2 Å². The van der Waals surface area contributed by atoms with Crippen LogP contribution in [-0.2, 0) is 11.0 Å². The number of halogens is 3. The van der Waals surface area contributed by atoms with Crippen LogP contribution in [0.5, 0.6) is 0 Å². The molecule has 1 aliphatic carbocycles. The Balaban J connectivity index is 1.16. The number of nitrogens with zero attached hydrogens (tertiary/aromatic N) is 5. The van der Waals surface area contributed by atoms with Gasteiger partial charge in [0, 0.05) is 35.8 Å². The maximum absolute atomic E-state index is 13.0. The Morgan fingerprint density at radius 1 is 1.07 bits per heavy atom. The minimum atomic E-state index is -4.48. The molecule has 0 bridgehead atoms. The smallest absolute Gasteiger partial charge is 0.383 e. The zero-order chi connectivity index (χ0) is 31.0. The molecule has 44 heavy (non-hydrogen) atoms. The van der Waals surface area contributed by atoms with Gasteiger partial charge < -0.3 is 16.0 Å². The van der Waals surface area contributed by atoms with E-state index in [-0.39, 0.29) is 28.8 Å². The molecular formula is C31H27F3N8O2. The topological polar surface area (TPSA) is 154 Å². The van der Waals surface area contributed by atoms with Gasteiger partial charge in [-0.2, -0.15) is 23.5 Å². The number of H-pyrrole nitrogens is 1. The van der Waals surface area contributed by atoms with Gasteiger partial charge in [-0.3, -0.25) is 14.7 Å². The number of piperidine rings is 1. The van der Waals surface area contributed by atoms with E-state index < -0.39 is 17.6 Å². The molecule has 10 nitrogen and oxygen atoms in total. The summed E-state index contributed by atoms with van der Waals surface area (Å²) in [5.41, 5.74) is 7.93. The zero-order valence-electron chi connectivity index (χ0n) is 23.4. The predicted molar refractivity (Wildman–Crippen MR) is 156 cm³/mol.